The molecule has 0 bridgehead atoms. The smallest absolute Gasteiger partial charge is 0.256 e. The third kappa shape index (κ3) is 2.92. The van der Waals surface area contributed by atoms with Crippen LogP contribution < -0.4 is 10.2 Å². The van der Waals surface area contributed by atoms with E-state index in [1.165, 1.54) is 4.90 Å². The first-order chi connectivity index (χ1) is 11.5. The first kappa shape index (κ1) is 16.2. The van der Waals surface area contributed by atoms with Gasteiger partial charge in [-0.25, -0.2) is 4.90 Å². The highest BCUT2D eigenvalue weighted by molar-refractivity contribution is 6.23. The van der Waals surface area contributed by atoms with E-state index in [1.54, 1.807) is 0 Å². The molecule has 1 aliphatic heterocycles. The molecule has 1 aliphatic rings. The van der Waals surface area contributed by atoms with Crippen LogP contribution in [0, 0.1) is 13.8 Å². The summed E-state index contributed by atoms with van der Waals surface area (Å²) < 4.78 is 0. The van der Waals surface area contributed by atoms with Crippen molar-refractivity contribution in [2.24, 2.45) is 0 Å². The lowest BCUT2D eigenvalue weighted by Gasteiger charge is -2.18. The summed E-state index contributed by atoms with van der Waals surface area (Å²) in [5.74, 6) is -0.344. The molecule has 0 aliphatic carbocycles. The van der Waals surface area contributed by atoms with Crippen molar-refractivity contribution in [3.8, 4) is 0 Å². The fourth-order valence-electron chi connectivity index (χ4n) is 3.04. The molecule has 0 spiro atoms. The Labute approximate surface area is 142 Å². The van der Waals surface area contributed by atoms with Crippen molar-refractivity contribution in [3.63, 3.8) is 0 Å². The first-order valence-electron chi connectivity index (χ1n) is 8.29. The molecule has 1 N–H and O–H groups in total. The van der Waals surface area contributed by atoms with Gasteiger partial charge >= 0.3 is 0 Å². The summed E-state index contributed by atoms with van der Waals surface area (Å²) in [6.07, 6.45) is 1.06. The van der Waals surface area contributed by atoms with Crippen molar-refractivity contribution in [1.29, 1.82) is 0 Å². The second-order valence-electron chi connectivity index (χ2n) is 6.25. The SMILES string of the molecule is CCc1ccccc1N[C@@H]1CC(=O)N(c2ccc(C)c(C)c2)C1=O. The molecule has 4 nitrogen and oxygen atoms in total. The van der Waals surface area contributed by atoms with E-state index in [2.05, 4.69) is 12.2 Å². The van der Waals surface area contributed by atoms with Crippen LogP contribution in [-0.2, 0) is 16.0 Å². The number of nitrogens with one attached hydrogen (secondary N) is 1. The number of aryl methyl sites for hydroxylation is 3. The van der Waals surface area contributed by atoms with Crippen LogP contribution in [0.4, 0.5) is 11.4 Å². The minimum Gasteiger partial charge on any atom is -0.373 e. The van der Waals surface area contributed by atoms with Crippen molar-refractivity contribution < 1.29 is 9.59 Å². The molecule has 0 saturated carbocycles. The minimum absolute atomic E-state index is 0.158. The van der Waals surface area contributed by atoms with E-state index < -0.39 is 6.04 Å². The van der Waals surface area contributed by atoms with Gasteiger partial charge < -0.3 is 5.32 Å². The molecule has 0 unspecified atom stereocenters. The largest absolute Gasteiger partial charge is 0.373 e. The molecule has 24 heavy (non-hydrogen) atoms. The summed E-state index contributed by atoms with van der Waals surface area (Å²) >= 11 is 0. The Kier molecular flexibility index (Phi) is 4.38. The number of amides is 2. The van der Waals surface area contributed by atoms with Crippen LogP contribution in [0.2, 0.25) is 0 Å². The van der Waals surface area contributed by atoms with Crippen LogP contribution in [0.15, 0.2) is 42.5 Å². The zero-order valence-corrected chi connectivity index (χ0v) is 14.3. The van der Waals surface area contributed by atoms with Crippen LogP contribution >= 0.6 is 0 Å². The number of hydrogen-bond acceptors (Lipinski definition) is 3. The van der Waals surface area contributed by atoms with Crippen LogP contribution in [0.3, 0.4) is 0 Å². The Bertz CT molecular complexity index is 798. The fourth-order valence-corrected chi connectivity index (χ4v) is 3.04. The maximum Gasteiger partial charge on any atom is 0.256 e. The predicted molar refractivity (Wildman–Crippen MR) is 96.3 cm³/mol. The quantitative estimate of drug-likeness (QED) is 0.875. The number of benzene rings is 2. The van der Waals surface area contributed by atoms with Gasteiger partial charge in [-0.2, -0.15) is 0 Å². The maximum atomic E-state index is 12.8. The van der Waals surface area contributed by atoms with Crippen molar-refractivity contribution >= 4 is 23.2 Å². The topological polar surface area (TPSA) is 49.4 Å². The van der Waals surface area contributed by atoms with E-state index >= 15 is 0 Å². The Morgan fingerprint density at radius 1 is 1.08 bits per heavy atom. The summed E-state index contributed by atoms with van der Waals surface area (Å²) in [6, 6.07) is 13.1. The van der Waals surface area contributed by atoms with Gasteiger partial charge in [-0.1, -0.05) is 31.2 Å². The van der Waals surface area contributed by atoms with E-state index in [4.69, 9.17) is 0 Å². The van der Waals surface area contributed by atoms with Crippen LogP contribution in [0.25, 0.3) is 0 Å². The highest BCUT2D eigenvalue weighted by Crippen LogP contribution is 2.27. The summed E-state index contributed by atoms with van der Waals surface area (Å²) in [6.45, 7) is 6.07. The molecule has 2 aromatic rings. The van der Waals surface area contributed by atoms with E-state index in [0.29, 0.717) is 5.69 Å². The van der Waals surface area contributed by atoms with Gasteiger partial charge in [0.2, 0.25) is 5.91 Å². The number of nitrogens with zero attached hydrogens (tertiary/aromatic N) is 1. The normalized spacial score (nSPS) is 17.5. The van der Waals surface area contributed by atoms with E-state index in [-0.39, 0.29) is 18.2 Å². The Balaban J connectivity index is 1.85. The number of carbonyl (C=O) groups is 2. The van der Waals surface area contributed by atoms with Crippen LogP contribution in [0.1, 0.15) is 30.0 Å². The van der Waals surface area contributed by atoms with Gasteiger partial charge in [0, 0.05) is 5.69 Å². The van der Waals surface area contributed by atoms with Crippen molar-refractivity contribution in [3.05, 3.63) is 59.2 Å². The molecule has 2 aromatic carbocycles. The van der Waals surface area contributed by atoms with Gasteiger partial charge in [-0.05, 0) is 55.2 Å². The second-order valence-corrected chi connectivity index (χ2v) is 6.25. The molecule has 3 rings (SSSR count). The molecule has 1 saturated heterocycles. The number of para-hydroxylation sites is 1. The van der Waals surface area contributed by atoms with Crippen molar-refractivity contribution in [2.75, 3.05) is 10.2 Å². The summed E-state index contributed by atoms with van der Waals surface area (Å²) in [5.41, 5.74) is 4.93. The molecular weight excluding hydrogens is 300 g/mol. The molecule has 0 radical (unpaired) electrons. The molecule has 124 valence electrons. The van der Waals surface area contributed by atoms with Gasteiger partial charge in [0.25, 0.3) is 5.91 Å². The Morgan fingerprint density at radius 2 is 1.83 bits per heavy atom. The zero-order chi connectivity index (χ0) is 17.3. The molecule has 1 atom stereocenters. The van der Waals surface area contributed by atoms with Gasteiger partial charge in [-0.3, -0.25) is 9.59 Å². The van der Waals surface area contributed by atoms with Gasteiger partial charge in [0.1, 0.15) is 6.04 Å². The maximum absolute atomic E-state index is 12.8. The molecule has 1 heterocycles. The highest BCUT2D eigenvalue weighted by Gasteiger charge is 2.39. The minimum atomic E-state index is -0.508. The lowest BCUT2D eigenvalue weighted by molar-refractivity contribution is -0.121. The Morgan fingerprint density at radius 3 is 2.54 bits per heavy atom. The second kappa shape index (κ2) is 6.48. The summed E-state index contributed by atoms with van der Waals surface area (Å²) in [4.78, 5) is 26.5. The number of hydrogen-bond donors (Lipinski definition) is 1. The molecule has 0 aromatic heterocycles. The monoisotopic (exact) mass is 322 g/mol. The number of rotatable bonds is 4. The molecule has 1 fully saturated rings. The fraction of sp³-hybridized carbons (Fsp3) is 0.300. The number of anilines is 2. The average molecular weight is 322 g/mol. The van der Waals surface area contributed by atoms with Crippen LogP contribution in [0.5, 0.6) is 0 Å². The Hall–Kier alpha value is -2.62. The van der Waals surface area contributed by atoms with Crippen LogP contribution in [-0.4, -0.2) is 17.9 Å². The number of carbonyl (C=O) groups excluding carboxylic acids is 2. The van der Waals surface area contributed by atoms with Gasteiger partial charge in [-0.15, -0.1) is 0 Å². The van der Waals surface area contributed by atoms with Crippen molar-refractivity contribution in [1.82, 2.24) is 0 Å². The third-order valence-corrected chi connectivity index (χ3v) is 4.62. The first-order valence-corrected chi connectivity index (χ1v) is 8.29. The summed E-state index contributed by atoms with van der Waals surface area (Å²) in [7, 11) is 0. The average Bonchev–Trinajstić information content (AvgIpc) is 2.85. The zero-order valence-electron chi connectivity index (χ0n) is 14.3. The lowest BCUT2D eigenvalue weighted by Crippen LogP contribution is -2.35. The summed E-state index contributed by atoms with van der Waals surface area (Å²) in [5, 5.41) is 3.25. The standard InChI is InChI=1S/C20H22N2O2/c1-4-15-7-5-6-8-17(15)21-18-12-19(23)22(20(18)24)16-10-9-13(2)14(3)11-16/h5-11,18,21H,4,12H2,1-3H3/t18-/m1/s1. The third-order valence-electron chi connectivity index (χ3n) is 4.62. The molecule has 4 heteroatoms. The van der Waals surface area contributed by atoms with E-state index in [0.717, 1.165) is 28.8 Å². The van der Waals surface area contributed by atoms with E-state index in [9.17, 15) is 9.59 Å². The van der Waals surface area contributed by atoms with Gasteiger partial charge in [0.15, 0.2) is 0 Å². The van der Waals surface area contributed by atoms with Crippen molar-refractivity contribution in [2.45, 2.75) is 39.7 Å². The van der Waals surface area contributed by atoms with E-state index in [1.807, 2.05) is 56.3 Å². The molecule has 2 amide bonds. The van der Waals surface area contributed by atoms with Gasteiger partial charge in [0.05, 0.1) is 12.1 Å². The predicted octanol–water partition coefficient (Wildman–Crippen LogP) is 3.61. The molecular formula is C20H22N2O2. The highest BCUT2D eigenvalue weighted by atomic mass is 16.2. The number of imide groups is 1. The lowest BCUT2D eigenvalue weighted by atomic mass is 10.1.